The largest absolute Gasteiger partial charge is 0.457 e. The number of hydrogen-bond acceptors (Lipinski definition) is 6. The lowest BCUT2D eigenvalue weighted by Gasteiger charge is -2.10. The molecule has 0 unspecified atom stereocenters. The number of aryl methyl sites for hydroxylation is 2. The van der Waals surface area contributed by atoms with Crippen molar-refractivity contribution in [1.82, 2.24) is 14.6 Å². The zero-order chi connectivity index (χ0) is 26.1. The van der Waals surface area contributed by atoms with Crippen molar-refractivity contribution < 1.29 is 14.5 Å². The highest BCUT2D eigenvalue weighted by molar-refractivity contribution is 6.31. The van der Waals surface area contributed by atoms with Crippen LogP contribution in [0.4, 0.5) is 11.4 Å². The minimum atomic E-state index is -0.557. The normalized spacial score (nSPS) is 10.9. The molecule has 2 heterocycles. The molecule has 0 atom stereocenters. The number of nitrogens with zero attached hydrogens (tertiary/aromatic N) is 4. The number of fused-ring (bicyclic) bond motifs is 1. The molecule has 9 nitrogen and oxygen atoms in total. The first kappa shape index (κ1) is 24.0. The Kier molecular flexibility index (Phi) is 6.29. The number of rotatable bonds is 6. The number of halogens is 1. The van der Waals surface area contributed by atoms with Crippen molar-refractivity contribution in [3.8, 4) is 22.8 Å². The number of carbonyl (C=O) groups is 1. The van der Waals surface area contributed by atoms with E-state index in [0.29, 0.717) is 16.4 Å². The molecule has 2 aromatic heterocycles. The number of nitro benzene ring substituents is 1. The van der Waals surface area contributed by atoms with Crippen LogP contribution in [0, 0.1) is 24.0 Å². The number of non-ortho nitro benzene ring substituents is 1. The first-order valence-electron chi connectivity index (χ1n) is 11.2. The molecule has 0 bridgehead atoms. The van der Waals surface area contributed by atoms with Crippen LogP contribution in [-0.4, -0.2) is 25.4 Å². The minimum absolute atomic E-state index is 0.114. The van der Waals surface area contributed by atoms with Gasteiger partial charge in [-0.2, -0.15) is 5.10 Å². The maximum atomic E-state index is 13.0. The molecule has 0 aliphatic heterocycles. The molecule has 1 N–H and O–H groups in total. The van der Waals surface area contributed by atoms with Crippen molar-refractivity contribution in [2.75, 3.05) is 5.32 Å². The lowest BCUT2D eigenvalue weighted by Crippen LogP contribution is -2.13. The van der Waals surface area contributed by atoms with Crippen LogP contribution in [0.1, 0.15) is 21.7 Å². The highest BCUT2D eigenvalue weighted by atomic mass is 35.5. The van der Waals surface area contributed by atoms with E-state index >= 15 is 0 Å². The molecule has 1 amide bonds. The second kappa shape index (κ2) is 9.71. The summed E-state index contributed by atoms with van der Waals surface area (Å²) in [6.45, 7) is 3.70. The van der Waals surface area contributed by atoms with Gasteiger partial charge >= 0.3 is 0 Å². The molecule has 10 heteroatoms. The Balaban J connectivity index is 1.43. The van der Waals surface area contributed by atoms with E-state index in [0.717, 1.165) is 22.5 Å². The number of benzene rings is 3. The fourth-order valence-corrected chi connectivity index (χ4v) is 3.94. The lowest BCUT2D eigenvalue weighted by atomic mass is 10.1. The van der Waals surface area contributed by atoms with Gasteiger partial charge in [-0.3, -0.25) is 14.9 Å². The zero-order valence-corrected chi connectivity index (χ0v) is 20.6. The van der Waals surface area contributed by atoms with Crippen LogP contribution in [0.15, 0.2) is 78.9 Å². The molecule has 3 aromatic carbocycles. The lowest BCUT2D eigenvalue weighted by molar-refractivity contribution is -0.384. The van der Waals surface area contributed by atoms with E-state index in [1.807, 2.05) is 50.2 Å². The summed E-state index contributed by atoms with van der Waals surface area (Å²) < 4.78 is 7.38. The SMILES string of the molecule is Cc1cc(Oc2cc(NC(=O)c3cc4nc(-c5ccccc5)cc(C)n4n3)cc([N+](=O)[O-])c2)ccc1Cl. The number of ether oxygens (including phenoxy) is 1. The molecule has 184 valence electrons. The standard InChI is InChI=1S/C27H20ClN5O4/c1-16-10-21(8-9-23(16)28)37-22-13-19(12-20(14-22)33(35)36)29-27(34)25-15-26-30-24(11-17(2)32(26)31-25)18-6-4-3-5-7-18/h3-15H,1-2H3,(H,29,34). The Labute approximate surface area is 216 Å². The third-order valence-electron chi connectivity index (χ3n) is 5.63. The van der Waals surface area contributed by atoms with Gasteiger partial charge in [0.25, 0.3) is 11.6 Å². The molecule has 0 saturated heterocycles. The molecule has 0 spiro atoms. The van der Waals surface area contributed by atoms with Crippen LogP contribution in [-0.2, 0) is 0 Å². The quantitative estimate of drug-likeness (QED) is 0.202. The van der Waals surface area contributed by atoms with Crippen LogP contribution < -0.4 is 10.1 Å². The van der Waals surface area contributed by atoms with Gasteiger partial charge in [0.05, 0.1) is 22.4 Å². The highest BCUT2D eigenvalue weighted by Crippen LogP contribution is 2.31. The average Bonchev–Trinajstić information content (AvgIpc) is 3.32. The molecular weight excluding hydrogens is 494 g/mol. The number of amides is 1. The Hall–Kier alpha value is -4.76. The highest BCUT2D eigenvalue weighted by Gasteiger charge is 2.17. The van der Waals surface area contributed by atoms with E-state index in [2.05, 4.69) is 15.4 Å². The third kappa shape index (κ3) is 5.12. The van der Waals surface area contributed by atoms with Crippen molar-refractivity contribution in [2.24, 2.45) is 0 Å². The van der Waals surface area contributed by atoms with Crippen molar-refractivity contribution in [1.29, 1.82) is 0 Å². The van der Waals surface area contributed by atoms with Crippen molar-refractivity contribution >= 4 is 34.5 Å². The summed E-state index contributed by atoms with van der Waals surface area (Å²) >= 11 is 6.07. The smallest absolute Gasteiger partial charge is 0.276 e. The molecule has 0 fully saturated rings. The first-order valence-corrected chi connectivity index (χ1v) is 11.6. The van der Waals surface area contributed by atoms with Gasteiger partial charge in [0.2, 0.25) is 0 Å². The van der Waals surface area contributed by atoms with Crippen LogP contribution >= 0.6 is 11.6 Å². The second-order valence-corrected chi connectivity index (χ2v) is 8.80. The van der Waals surface area contributed by atoms with E-state index in [4.69, 9.17) is 16.3 Å². The molecule has 0 radical (unpaired) electrons. The molecule has 5 rings (SSSR count). The van der Waals surface area contributed by atoms with Gasteiger partial charge in [-0.25, -0.2) is 9.50 Å². The molecule has 0 saturated carbocycles. The van der Waals surface area contributed by atoms with Crippen LogP contribution in [0.2, 0.25) is 5.02 Å². The summed E-state index contributed by atoms with van der Waals surface area (Å²) in [4.78, 5) is 28.6. The molecule has 0 aliphatic carbocycles. The van der Waals surface area contributed by atoms with Crippen LogP contribution in [0.25, 0.3) is 16.9 Å². The third-order valence-corrected chi connectivity index (χ3v) is 6.06. The predicted molar refractivity (Wildman–Crippen MR) is 140 cm³/mol. The summed E-state index contributed by atoms with van der Waals surface area (Å²) in [7, 11) is 0. The van der Waals surface area contributed by atoms with Gasteiger partial charge < -0.3 is 10.1 Å². The van der Waals surface area contributed by atoms with Crippen molar-refractivity contribution in [2.45, 2.75) is 13.8 Å². The maximum Gasteiger partial charge on any atom is 0.276 e. The van der Waals surface area contributed by atoms with E-state index in [1.165, 1.54) is 18.2 Å². The van der Waals surface area contributed by atoms with Gasteiger partial charge in [0.1, 0.15) is 11.5 Å². The average molecular weight is 514 g/mol. The number of carbonyl (C=O) groups excluding carboxylic acids is 1. The summed E-state index contributed by atoms with van der Waals surface area (Å²) in [5, 5.41) is 19.1. The molecule has 5 aromatic rings. The van der Waals surface area contributed by atoms with Gasteiger partial charge in [-0.05, 0) is 43.7 Å². The molecule has 0 aliphatic rings. The van der Waals surface area contributed by atoms with Crippen LogP contribution in [0.5, 0.6) is 11.5 Å². The number of nitro groups is 1. The minimum Gasteiger partial charge on any atom is -0.457 e. The fraction of sp³-hybridized carbons (Fsp3) is 0.0741. The number of nitrogens with one attached hydrogen (secondary N) is 1. The van der Waals surface area contributed by atoms with Crippen molar-refractivity contribution in [3.63, 3.8) is 0 Å². The zero-order valence-electron chi connectivity index (χ0n) is 19.8. The Morgan fingerprint density at radius 2 is 1.78 bits per heavy atom. The van der Waals surface area contributed by atoms with E-state index in [-0.39, 0.29) is 22.8 Å². The van der Waals surface area contributed by atoms with E-state index < -0.39 is 10.8 Å². The fourth-order valence-electron chi connectivity index (χ4n) is 3.82. The molecular formula is C27H20ClN5O4. The Bertz CT molecular complexity index is 1670. The number of hydrogen-bond donors (Lipinski definition) is 1. The Morgan fingerprint density at radius 3 is 2.51 bits per heavy atom. The van der Waals surface area contributed by atoms with Gasteiger partial charge in [-0.15, -0.1) is 0 Å². The summed E-state index contributed by atoms with van der Waals surface area (Å²) in [6.07, 6.45) is 0. The predicted octanol–water partition coefficient (Wildman–Crippen LogP) is 6.62. The topological polar surface area (TPSA) is 112 Å². The Morgan fingerprint density at radius 1 is 1.00 bits per heavy atom. The second-order valence-electron chi connectivity index (χ2n) is 8.39. The van der Waals surface area contributed by atoms with E-state index in [1.54, 1.807) is 28.8 Å². The van der Waals surface area contributed by atoms with Crippen LogP contribution in [0.3, 0.4) is 0 Å². The summed E-state index contributed by atoms with van der Waals surface area (Å²) in [5.41, 5.74) is 3.87. The van der Waals surface area contributed by atoms with Gasteiger partial charge in [0.15, 0.2) is 11.3 Å². The summed E-state index contributed by atoms with van der Waals surface area (Å²) in [6, 6.07) is 22.2. The number of aromatic nitrogens is 3. The van der Waals surface area contributed by atoms with Gasteiger partial charge in [0, 0.05) is 34.5 Å². The maximum absolute atomic E-state index is 13.0. The monoisotopic (exact) mass is 513 g/mol. The number of anilines is 1. The van der Waals surface area contributed by atoms with Gasteiger partial charge in [-0.1, -0.05) is 41.9 Å². The van der Waals surface area contributed by atoms with E-state index in [9.17, 15) is 14.9 Å². The summed E-state index contributed by atoms with van der Waals surface area (Å²) in [5.74, 6) is 0.0991. The molecule has 37 heavy (non-hydrogen) atoms. The van der Waals surface area contributed by atoms with Crippen molar-refractivity contribution in [3.05, 3.63) is 111 Å². The first-order chi connectivity index (χ1) is 17.8.